The molecule has 1 aromatic carbocycles. The van der Waals surface area contributed by atoms with E-state index in [1.165, 1.54) is 0 Å². The highest BCUT2D eigenvalue weighted by molar-refractivity contribution is 6.32. The molecule has 0 saturated carbocycles. The van der Waals surface area contributed by atoms with Crippen molar-refractivity contribution in [2.75, 3.05) is 14.2 Å². The number of rotatable bonds is 3. The summed E-state index contributed by atoms with van der Waals surface area (Å²) in [5.41, 5.74) is 1.97. The smallest absolute Gasteiger partial charge is 0.232 e. The fourth-order valence-electron chi connectivity index (χ4n) is 1.52. The third kappa shape index (κ3) is 2.50. The maximum absolute atomic E-state index is 6.03. The van der Waals surface area contributed by atoms with E-state index in [2.05, 4.69) is 4.98 Å². The molecule has 0 aliphatic carbocycles. The van der Waals surface area contributed by atoms with Crippen LogP contribution in [-0.2, 0) is 0 Å². The molecule has 3 nitrogen and oxygen atoms in total. The van der Waals surface area contributed by atoms with E-state index in [1.807, 2.05) is 30.3 Å². The molecular weight excluding hydrogens is 238 g/mol. The van der Waals surface area contributed by atoms with E-state index in [0.717, 1.165) is 16.9 Å². The Kier molecular flexibility index (Phi) is 3.49. The standard InChI is InChI=1S/C13H12ClNO2/c1-16-11-5-3-9(4-6-11)10-7-12(14)13(17-2)15-8-10/h3-8H,1-2H3. The van der Waals surface area contributed by atoms with Crippen LogP contribution in [0.1, 0.15) is 0 Å². The molecule has 0 radical (unpaired) electrons. The van der Waals surface area contributed by atoms with Crippen molar-refractivity contribution in [1.82, 2.24) is 4.98 Å². The van der Waals surface area contributed by atoms with E-state index in [0.29, 0.717) is 10.9 Å². The molecule has 0 aliphatic heterocycles. The molecule has 88 valence electrons. The third-order valence-electron chi connectivity index (χ3n) is 2.42. The van der Waals surface area contributed by atoms with Crippen LogP contribution in [0.15, 0.2) is 36.5 Å². The van der Waals surface area contributed by atoms with Crippen LogP contribution in [0.2, 0.25) is 5.02 Å². The quantitative estimate of drug-likeness (QED) is 0.835. The van der Waals surface area contributed by atoms with Crippen molar-refractivity contribution >= 4 is 11.6 Å². The van der Waals surface area contributed by atoms with Gasteiger partial charge in [-0.15, -0.1) is 0 Å². The summed E-state index contributed by atoms with van der Waals surface area (Å²) in [7, 11) is 3.18. The molecule has 0 spiro atoms. The summed E-state index contributed by atoms with van der Waals surface area (Å²) in [5, 5.41) is 0.501. The second-order valence-corrected chi connectivity index (χ2v) is 3.85. The molecule has 0 amide bonds. The summed E-state index contributed by atoms with van der Waals surface area (Å²) in [6.45, 7) is 0. The maximum Gasteiger partial charge on any atom is 0.232 e. The van der Waals surface area contributed by atoms with Gasteiger partial charge in [-0.1, -0.05) is 23.7 Å². The molecule has 0 N–H and O–H groups in total. The summed E-state index contributed by atoms with van der Waals surface area (Å²) < 4.78 is 10.1. The molecular formula is C13H12ClNO2. The van der Waals surface area contributed by atoms with E-state index in [-0.39, 0.29) is 0 Å². The molecule has 0 atom stereocenters. The van der Waals surface area contributed by atoms with Crippen molar-refractivity contribution in [1.29, 1.82) is 0 Å². The molecule has 0 bridgehead atoms. The zero-order valence-corrected chi connectivity index (χ0v) is 10.4. The number of halogens is 1. The average Bonchev–Trinajstić information content (AvgIpc) is 2.39. The van der Waals surface area contributed by atoms with Crippen LogP contribution in [0, 0.1) is 0 Å². The largest absolute Gasteiger partial charge is 0.497 e. The van der Waals surface area contributed by atoms with Crippen LogP contribution in [0.25, 0.3) is 11.1 Å². The highest BCUT2D eigenvalue weighted by Crippen LogP contribution is 2.28. The zero-order valence-electron chi connectivity index (χ0n) is 9.61. The molecule has 0 saturated heterocycles. The molecule has 0 unspecified atom stereocenters. The van der Waals surface area contributed by atoms with Crippen molar-refractivity contribution in [2.24, 2.45) is 0 Å². The third-order valence-corrected chi connectivity index (χ3v) is 2.69. The summed E-state index contributed by atoms with van der Waals surface area (Å²) in [5.74, 6) is 1.25. The molecule has 1 aromatic heterocycles. The Bertz CT molecular complexity index is 511. The first-order valence-electron chi connectivity index (χ1n) is 5.08. The van der Waals surface area contributed by atoms with Crippen LogP contribution in [0.3, 0.4) is 0 Å². The zero-order chi connectivity index (χ0) is 12.3. The summed E-state index contributed by atoms with van der Waals surface area (Å²) in [6, 6.07) is 9.54. The first-order chi connectivity index (χ1) is 8.24. The van der Waals surface area contributed by atoms with Gasteiger partial charge in [0.2, 0.25) is 5.88 Å². The molecule has 2 aromatic rings. The van der Waals surface area contributed by atoms with Crippen molar-refractivity contribution in [3.8, 4) is 22.8 Å². The Morgan fingerprint density at radius 1 is 1.00 bits per heavy atom. The van der Waals surface area contributed by atoms with Gasteiger partial charge in [0.15, 0.2) is 0 Å². The highest BCUT2D eigenvalue weighted by atomic mass is 35.5. The van der Waals surface area contributed by atoms with E-state index < -0.39 is 0 Å². The van der Waals surface area contributed by atoms with Gasteiger partial charge in [-0.05, 0) is 23.8 Å². The number of pyridine rings is 1. The van der Waals surface area contributed by atoms with Crippen LogP contribution in [0.4, 0.5) is 0 Å². The van der Waals surface area contributed by atoms with Gasteiger partial charge in [0.1, 0.15) is 10.8 Å². The normalized spacial score (nSPS) is 10.1. The van der Waals surface area contributed by atoms with E-state index >= 15 is 0 Å². The van der Waals surface area contributed by atoms with Gasteiger partial charge in [-0.25, -0.2) is 4.98 Å². The minimum absolute atomic E-state index is 0.434. The van der Waals surface area contributed by atoms with Gasteiger partial charge in [0.25, 0.3) is 0 Å². The number of benzene rings is 1. The summed E-state index contributed by atoms with van der Waals surface area (Å²) in [4.78, 5) is 4.13. The van der Waals surface area contributed by atoms with E-state index in [4.69, 9.17) is 21.1 Å². The second-order valence-electron chi connectivity index (χ2n) is 3.44. The Morgan fingerprint density at radius 2 is 1.71 bits per heavy atom. The van der Waals surface area contributed by atoms with Crippen LogP contribution < -0.4 is 9.47 Å². The molecule has 0 aliphatic rings. The molecule has 1 heterocycles. The van der Waals surface area contributed by atoms with Crippen molar-refractivity contribution in [3.63, 3.8) is 0 Å². The van der Waals surface area contributed by atoms with Gasteiger partial charge in [0.05, 0.1) is 14.2 Å². The monoisotopic (exact) mass is 249 g/mol. The van der Waals surface area contributed by atoms with Gasteiger partial charge >= 0.3 is 0 Å². The Labute approximate surface area is 105 Å². The van der Waals surface area contributed by atoms with Gasteiger partial charge in [-0.3, -0.25) is 0 Å². The predicted octanol–water partition coefficient (Wildman–Crippen LogP) is 3.42. The van der Waals surface area contributed by atoms with Gasteiger partial charge < -0.3 is 9.47 Å². The Hall–Kier alpha value is -1.74. The molecule has 17 heavy (non-hydrogen) atoms. The fourth-order valence-corrected chi connectivity index (χ4v) is 1.76. The highest BCUT2D eigenvalue weighted by Gasteiger charge is 2.05. The van der Waals surface area contributed by atoms with Crippen LogP contribution in [0.5, 0.6) is 11.6 Å². The first kappa shape index (κ1) is 11.7. The number of hydrogen-bond donors (Lipinski definition) is 0. The summed E-state index contributed by atoms with van der Waals surface area (Å²) >= 11 is 6.03. The average molecular weight is 250 g/mol. The van der Waals surface area contributed by atoms with Crippen LogP contribution >= 0.6 is 11.6 Å². The minimum atomic E-state index is 0.434. The summed E-state index contributed by atoms with van der Waals surface area (Å²) in [6.07, 6.45) is 1.73. The topological polar surface area (TPSA) is 31.4 Å². The van der Waals surface area contributed by atoms with Crippen molar-refractivity contribution < 1.29 is 9.47 Å². The molecule has 0 fully saturated rings. The Morgan fingerprint density at radius 3 is 2.24 bits per heavy atom. The van der Waals surface area contributed by atoms with E-state index in [1.54, 1.807) is 20.4 Å². The minimum Gasteiger partial charge on any atom is -0.497 e. The molecule has 2 rings (SSSR count). The lowest BCUT2D eigenvalue weighted by Gasteiger charge is -2.06. The lowest BCUT2D eigenvalue weighted by molar-refractivity contribution is 0.398. The Balaban J connectivity index is 2.35. The number of ether oxygens (including phenoxy) is 2. The second kappa shape index (κ2) is 5.06. The number of nitrogens with zero attached hydrogens (tertiary/aromatic N) is 1. The lowest BCUT2D eigenvalue weighted by Crippen LogP contribution is -1.89. The number of hydrogen-bond acceptors (Lipinski definition) is 3. The van der Waals surface area contributed by atoms with E-state index in [9.17, 15) is 0 Å². The maximum atomic E-state index is 6.03. The lowest BCUT2D eigenvalue weighted by atomic mass is 10.1. The van der Waals surface area contributed by atoms with Gasteiger partial charge in [0, 0.05) is 11.8 Å². The predicted molar refractivity (Wildman–Crippen MR) is 67.8 cm³/mol. The van der Waals surface area contributed by atoms with Crippen molar-refractivity contribution in [3.05, 3.63) is 41.6 Å². The number of methoxy groups -OCH3 is 2. The first-order valence-corrected chi connectivity index (χ1v) is 5.46. The van der Waals surface area contributed by atoms with Crippen molar-refractivity contribution in [2.45, 2.75) is 0 Å². The SMILES string of the molecule is COc1ccc(-c2cnc(OC)c(Cl)c2)cc1. The number of aromatic nitrogens is 1. The fraction of sp³-hybridized carbons (Fsp3) is 0.154. The van der Waals surface area contributed by atoms with Crippen LogP contribution in [-0.4, -0.2) is 19.2 Å². The van der Waals surface area contributed by atoms with Gasteiger partial charge in [-0.2, -0.15) is 0 Å². The molecule has 4 heteroatoms.